The zero-order valence-electron chi connectivity index (χ0n) is 10.5. The highest BCUT2D eigenvalue weighted by atomic mass is 35.5. The van der Waals surface area contributed by atoms with Crippen molar-refractivity contribution >= 4 is 17.4 Å². The predicted octanol–water partition coefficient (Wildman–Crippen LogP) is 3.89. The molecule has 2 rings (SSSR count). The SMILES string of the molecule is COc1cc(Cl)c2c(c1)C(=O)CC(C)(C)CC2. The van der Waals surface area contributed by atoms with E-state index in [0.29, 0.717) is 17.2 Å². The van der Waals surface area contributed by atoms with Gasteiger partial charge >= 0.3 is 0 Å². The molecule has 92 valence electrons. The number of ketones is 1. The number of ether oxygens (including phenoxy) is 1. The van der Waals surface area contributed by atoms with Crippen LogP contribution in [0.4, 0.5) is 0 Å². The van der Waals surface area contributed by atoms with E-state index in [9.17, 15) is 4.79 Å². The van der Waals surface area contributed by atoms with Gasteiger partial charge in [-0.1, -0.05) is 25.4 Å². The number of methoxy groups -OCH3 is 1. The van der Waals surface area contributed by atoms with E-state index in [0.717, 1.165) is 24.0 Å². The van der Waals surface area contributed by atoms with Gasteiger partial charge < -0.3 is 4.74 Å². The maximum absolute atomic E-state index is 12.2. The lowest BCUT2D eigenvalue weighted by molar-refractivity contribution is 0.0934. The number of halogens is 1. The summed E-state index contributed by atoms with van der Waals surface area (Å²) in [5, 5.41) is 0.644. The normalized spacial score (nSPS) is 18.5. The lowest BCUT2D eigenvalue weighted by atomic mass is 9.84. The van der Waals surface area contributed by atoms with Gasteiger partial charge in [0.25, 0.3) is 0 Å². The first-order valence-electron chi connectivity index (χ1n) is 5.82. The molecule has 0 unspecified atom stereocenters. The number of carbonyl (C=O) groups excluding carboxylic acids is 1. The first-order valence-corrected chi connectivity index (χ1v) is 6.20. The number of fused-ring (bicyclic) bond motifs is 1. The van der Waals surface area contributed by atoms with Crippen molar-refractivity contribution in [2.75, 3.05) is 7.11 Å². The van der Waals surface area contributed by atoms with Crippen LogP contribution < -0.4 is 4.74 Å². The molecule has 1 aliphatic rings. The molecule has 3 heteroatoms. The molecule has 0 saturated heterocycles. The molecule has 17 heavy (non-hydrogen) atoms. The highest BCUT2D eigenvalue weighted by molar-refractivity contribution is 6.32. The maximum Gasteiger partial charge on any atom is 0.163 e. The quantitative estimate of drug-likeness (QED) is 0.709. The summed E-state index contributed by atoms with van der Waals surface area (Å²) in [6.45, 7) is 4.25. The summed E-state index contributed by atoms with van der Waals surface area (Å²) in [5.41, 5.74) is 1.76. The van der Waals surface area contributed by atoms with Gasteiger partial charge in [0, 0.05) is 17.0 Å². The Morgan fingerprint density at radius 3 is 2.71 bits per heavy atom. The highest BCUT2D eigenvalue weighted by Crippen LogP contribution is 2.37. The average molecular weight is 253 g/mol. The molecule has 1 aromatic rings. The molecular weight excluding hydrogens is 236 g/mol. The zero-order chi connectivity index (χ0) is 12.6. The second-order valence-electron chi connectivity index (χ2n) is 5.40. The van der Waals surface area contributed by atoms with Crippen molar-refractivity contribution in [3.63, 3.8) is 0 Å². The molecule has 2 nitrogen and oxygen atoms in total. The van der Waals surface area contributed by atoms with E-state index in [1.165, 1.54) is 0 Å². The lowest BCUT2D eigenvalue weighted by Crippen LogP contribution is -2.14. The van der Waals surface area contributed by atoms with Crippen molar-refractivity contribution in [3.8, 4) is 5.75 Å². The minimum absolute atomic E-state index is 0.0483. The van der Waals surface area contributed by atoms with Crippen LogP contribution in [0, 0.1) is 5.41 Å². The van der Waals surface area contributed by atoms with Crippen LogP contribution in [-0.4, -0.2) is 12.9 Å². The van der Waals surface area contributed by atoms with Crippen LogP contribution in [0.1, 0.15) is 42.6 Å². The Morgan fingerprint density at radius 2 is 2.06 bits per heavy atom. The van der Waals surface area contributed by atoms with Gasteiger partial charge in [-0.3, -0.25) is 4.79 Å². The van der Waals surface area contributed by atoms with Crippen LogP contribution in [0.25, 0.3) is 0 Å². The van der Waals surface area contributed by atoms with Crippen molar-refractivity contribution in [3.05, 3.63) is 28.3 Å². The van der Waals surface area contributed by atoms with E-state index in [1.807, 2.05) is 6.07 Å². The van der Waals surface area contributed by atoms with Crippen molar-refractivity contribution in [1.29, 1.82) is 0 Å². The Labute approximate surface area is 107 Å². The fourth-order valence-corrected chi connectivity index (χ4v) is 2.62. The smallest absolute Gasteiger partial charge is 0.163 e. The molecule has 1 aromatic carbocycles. The lowest BCUT2D eigenvalue weighted by Gasteiger charge is -2.20. The van der Waals surface area contributed by atoms with Crippen molar-refractivity contribution < 1.29 is 9.53 Å². The first kappa shape index (κ1) is 12.4. The summed E-state index contributed by atoms with van der Waals surface area (Å²) in [5.74, 6) is 0.824. The second-order valence-corrected chi connectivity index (χ2v) is 5.81. The molecule has 0 radical (unpaired) electrons. The van der Waals surface area contributed by atoms with E-state index in [4.69, 9.17) is 16.3 Å². The monoisotopic (exact) mass is 252 g/mol. The number of rotatable bonds is 1. The number of Topliss-reactive ketones (excluding diaryl/α,β-unsaturated/α-hetero) is 1. The summed E-state index contributed by atoms with van der Waals surface area (Å²) < 4.78 is 5.17. The Hall–Kier alpha value is -1.02. The molecule has 0 heterocycles. The van der Waals surface area contributed by atoms with E-state index < -0.39 is 0 Å². The van der Waals surface area contributed by atoms with Gasteiger partial charge in [0.15, 0.2) is 5.78 Å². The van der Waals surface area contributed by atoms with Crippen molar-refractivity contribution in [1.82, 2.24) is 0 Å². The van der Waals surface area contributed by atoms with E-state index >= 15 is 0 Å². The Bertz CT molecular complexity index is 464. The van der Waals surface area contributed by atoms with Crippen LogP contribution in [0.5, 0.6) is 5.75 Å². The molecule has 0 bridgehead atoms. The fraction of sp³-hybridized carbons (Fsp3) is 0.500. The predicted molar refractivity (Wildman–Crippen MR) is 69.1 cm³/mol. The summed E-state index contributed by atoms with van der Waals surface area (Å²) in [6, 6.07) is 3.59. The standard InChI is InChI=1S/C14H17ClO2/c1-14(2)5-4-10-11(13(16)8-14)6-9(17-3)7-12(10)15/h6-7H,4-5,8H2,1-3H3. The molecule has 0 spiro atoms. The summed E-state index contributed by atoms with van der Waals surface area (Å²) in [7, 11) is 1.59. The second kappa shape index (κ2) is 4.34. The number of carbonyl (C=O) groups is 1. The maximum atomic E-state index is 12.2. The Morgan fingerprint density at radius 1 is 1.35 bits per heavy atom. The third-order valence-electron chi connectivity index (χ3n) is 3.40. The third-order valence-corrected chi connectivity index (χ3v) is 3.73. The van der Waals surface area contributed by atoms with Crippen LogP contribution in [0.3, 0.4) is 0 Å². The van der Waals surface area contributed by atoms with Crippen LogP contribution in [0.15, 0.2) is 12.1 Å². The van der Waals surface area contributed by atoms with Gasteiger partial charge in [0.1, 0.15) is 5.75 Å². The third kappa shape index (κ3) is 2.47. The molecule has 0 fully saturated rings. The minimum Gasteiger partial charge on any atom is -0.497 e. The average Bonchev–Trinajstić information content (AvgIpc) is 2.36. The van der Waals surface area contributed by atoms with Gasteiger partial charge in [-0.15, -0.1) is 0 Å². The summed E-state index contributed by atoms with van der Waals surface area (Å²) >= 11 is 6.22. The molecule has 0 N–H and O–H groups in total. The van der Waals surface area contributed by atoms with Crippen LogP contribution in [-0.2, 0) is 6.42 Å². The van der Waals surface area contributed by atoms with Gasteiger partial charge in [-0.05, 0) is 36.0 Å². The van der Waals surface area contributed by atoms with Crippen LogP contribution >= 0.6 is 11.6 Å². The molecular formula is C14H17ClO2. The van der Waals surface area contributed by atoms with Gasteiger partial charge in [-0.2, -0.15) is 0 Å². The topological polar surface area (TPSA) is 26.3 Å². The van der Waals surface area contributed by atoms with Crippen LogP contribution in [0.2, 0.25) is 5.02 Å². The highest BCUT2D eigenvalue weighted by Gasteiger charge is 2.29. The zero-order valence-corrected chi connectivity index (χ0v) is 11.2. The molecule has 1 aliphatic carbocycles. The molecule has 0 atom stereocenters. The number of hydrogen-bond donors (Lipinski definition) is 0. The molecule has 0 aliphatic heterocycles. The first-order chi connectivity index (χ1) is 7.93. The summed E-state index contributed by atoms with van der Waals surface area (Å²) in [4.78, 5) is 12.2. The fourth-order valence-electron chi connectivity index (χ4n) is 2.31. The Balaban J connectivity index is 2.51. The Kier molecular flexibility index (Phi) is 3.17. The molecule has 0 aromatic heterocycles. The van der Waals surface area contributed by atoms with Gasteiger partial charge in [0.2, 0.25) is 0 Å². The largest absolute Gasteiger partial charge is 0.497 e. The molecule has 0 saturated carbocycles. The number of hydrogen-bond acceptors (Lipinski definition) is 2. The van der Waals surface area contributed by atoms with Crippen molar-refractivity contribution in [2.24, 2.45) is 5.41 Å². The van der Waals surface area contributed by atoms with E-state index in [2.05, 4.69) is 13.8 Å². The van der Waals surface area contributed by atoms with E-state index in [-0.39, 0.29) is 11.2 Å². The van der Waals surface area contributed by atoms with Gasteiger partial charge in [0.05, 0.1) is 7.11 Å². The van der Waals surface area contributed by atoms with Gasteiger partial charge in [-0.25, -0.2) is 0 Å². The number of benzene rings is 1. The van der Waals surface area contributed by atoms with Crippen molar-refractivity contribution in [2.45, 2.75) is 33.1 Å². The van der Waals surface area contributed by atoms with E-state index in [1.54, 1.807) is 13.2 Å². The summed E-state index contributed by atoms with van der Waals surface area (Å²) in [6.07, 6.45) is 2.41. The minimum atomic E-state index is 0.0483. The molecule has 0 amide bonds.